The molecule has 1 aromatic heterocycles. The number of aromatic nitrogens is 2. The fraction of sp³-hybridized carbons (Fsp3) is 0.450. The number of nitrogens with one attached hydrogen (secondary N) is 1. The minimum atomic E-state index is -0.168. The van der Waals surface area contributed by atoms with Gasteiger partial charge in [0.05, 0.1) is 38.1 Å². The maximum atomic E-state index is 12.6. The number of methoxy groups -OCH3 is 2. The lowest BCUT2D eigenvalue weighted by Gasteiger charge is -2.18. The highest BCUT2D eigenvalue weighted by molar-refractivity contribution is 5.80. The number of hydrogen-bond acceptors (Lipinski definition) is 6. The van der Waals surface area contributed by atoms with E-state index >= 15 is 0 Å². The molecule has 1 unspecified atom stereocenters. The SMILES string of the molecule is COCCn1ncc(N2CCC(C(=O)NCc3ccccc3OC)C2)cc1=O. The Labute approximate surface area is 164 Å². The van der Waals surface area contributed by atoms with Crippen molar-refractivity contribution >= 4 is 11.6 Å². The molecule has 8 nitrogen and oxygen atoms in total. The molecule has 0 bridgehead atoms. The summed E-state index contributed by atoms with van der Waals surface area (Å²) < 4.78 is 11.7. The van der Waals surface area contributed by atoms with Crippen LogP contribution in [0, 0.1) is 5.92 Å². The van der Waals surface area contributed by atoms with E-state index in [9.17, 15) is 9.59 Å². The minimum absolute atomic E-state index is 0.00908. The molecule has 1 saturated heterocycles. The molecule has 1 N–H and O–H groups in total. The minimum Gasteiger partial charge on any atom is -0.496 e. The Morgan fingerprint density at radius 1 is 1.32 bits per heavy atom. The number of carbonyl (C=O) groups is 1. The van der Waals surface area contributed by atoms with E-state index in [0.29, 0.717) is 26.2 Å². The third-order valence-corrected chi connectivity index (χ3v) is 4.93. The van der Waals surface area contributed by atoms with Crippen LogP contribution in [0.4, 0.5) is 5.69 Å². The predicted molar refractivity (Wildman–Crippen MR) is 106 cm³/mol. The van der Waals surface area contributed by atoms with Gasteiger partial charge >= 0.3 is 0 Å². The number of amides is 1. The van der Waals surface area contributed by atoms with E-state index in [1.807, 2.05) is 29.2 Å². The van der Waals surface area contributed by atoms with Gasteiger partial charge in [0.2, 0.25) is 5.91 Å². The third kappa shape index (κ3) is 4.69. The lowest BCUT2D eigenvalue weighted by Crippen LogP contribution is -2.33. The van der Waals surface area contributed by atoms with Crippen molar-refractivity contribution in [2.24, 2.45) is 5.92 Å². The Hall–Kier alpha value is -2.87. The van der Waals surface area contributed by atoms with E-state index in [-0.39, 0.29) is 17.4 Å². The van der Waals surface area contributed by atoms with E-state index < -0.39 is 0 Å². The zero-order valence-electron chi connectivity index (χ0n) is 16.3. The molecule has 1 aliphatic rings. The van der Waals surface area contributed by atoms with Crippen molar-refractivity contribution < 1.29 is 14.3 Å². The largest absolute Gasteiger partial charge is 0.496 e. The van der Waals surface area contributed by atoms with Crippen molar-refractivity contribution in [3.63, 3.8) is 0 Å². The first-order chi connectivity index (χ1) is 13.6. The van der Waals surface area contributed by atoms with Crippen molar-refractivity contribution in [2.75, 3.05) is 38.8 Å². The third-order valence-electron chi connectivity index (χ3n) is 4.93. The number of rotatable bonds is 8. The quantitative estimate of drug-likeness (QED) is 0.730. The zero-order chi connectivity index (χ0) is 19.9. The first-order valence-corrected chi connectivity index (χ1v) is 9.33. The van der Waals surface area contributed by atoms with Gasteiger partial charge in [-0.2, -0.15) is 5.10 Å². The average Bonchev–Trinajstić information content (AvgIpc) is 3.21. The predicted octanol–water partition coefficient (Wildman–Crippen LogP) is 1.04. The van der Waals surface area contributed by atoms with Crippen molar-refractivity contribution in [3.05, 3.63) is 52.4 Å². The summed E-state index contributed by atoms with van der Waals surface area (Å²) in [7, 11) is 3.20. The van der Waals surface area contributed by atoms with Gasteiger partial charge in [0, 0.05) is 38.4 Å². The van der Waals surface area contributed by atoms with Crippen LogP contribution in [-0.4, -0.2) is 49.6 Å². The second-order valence-corrected chi connectivity index (χ2v) is 6.73. The van der Waals surface area contributed by atoms with Crippen molar-refractivity contribution in [1.82, 2.24) is 15.1 Å². The van der Waals surface area contributed by atoms with Gasteiger partial charge < -0.3 is 19.7 Å². The van der Waals surface area contributed by atoms with Crippen molar-refractivity contribution in [3.8, 4) is 5.75 Å². The van der Waals surface area contributed by atoms with E-state index in [1.165, 1.54) is 4.68 Å². The molecule has 150 valence electrons. The van der Waals surface area contributed by atoms with Crippen LogP contribution >= 0.6 is 0 Å². The van der Waals surface area contributed by atoms with Crippen LogP contribution < -0.4 is 20.5 Å². The molecule has 1 fully saturated rings. The Morgan fingerprint density at radius 3 is 2.89 bits per heavy atom. The molecule has 1 amide bonds. The molecular formula is C20H26N4O4. The van der Waals surface area contributed by atoms with E-state index in [1.54, 1.807) is 26.5 Å². The molecule has 1 aliphatic heterocycles. The van der Waals surface area contributed by atoms with Crippen LogP contribution in [0.15, 0.2) is 41.3 Å². The molecule has 1 atom stereocenters. The summed E-state index contributed by atoms with van der Waals surface area (Å²) in [5.74, 6) is 0.649. The van der Waals surface area contributed by atoms with E-state index in [2.05, 4.69) is 10.4 Å². The van der Waals surface area contributed by atoms with Crippen LogP contribution in [0.2, 0.25) is 0 Å². The normalized spacial score (nSPS) is 16.2. The molecule has 0 radical (unpaired) electrons. The first kappa shape index (κ1) is 19.9. The van der Waals surface area contributed by atoms with Crippen LogP contribution in [0.3, 0.4) is 0 Å². The van der Waals surface area contributed by atoms with Gasteiger partial charge in [0.1, 0.15) is 5.75 Å². The summed E-state index contributed by atoms with van der Waals surface area (Å²) in [6, 6.07) is 9.20. The number of nitrogens with zero attached hydrogens (tertiary/aromatic N) is 3. The number of ether oxygens (including phenoxy) is 2. The standard InChI is InChI=1S/C20H26N4O4/c1-27-10-9-24-19(25)11-17(13-22-24)23-8-7-16(14-23)20(26)21-12-15-5-3-4-6-18(15)28-2/h3-6,11,13,16H,7-10,12,14H2,1-2H3,(H,21,26). The molecule has 2 aromatic rings. The van der Waals surface area contributed by atoms with E-state index in [4.69, 9.17) is 9.47 Å². The van der Waals surface area contributed by atoms with Gasteiger partial charge in [-0.15, -0.1) is 0 Å². The number of hydrogen-bond donors (Lipinski definition) is 1. The van der Waals surface area contributed by atoms with Gasteiger partial charge in [-0.05, 0) is 12.5 Å². The topological polar surface area (TPSA) is 85.7 Å². The van der Waals surface area contributed by atoms with Gasteiger partial charge in [-0.25, -0.2) is 4.68 Å². The summed E-state index contributed by atoms with van der Waals surface area (Å²) in [4.78, 5) is 26.8. The smallest absolute Gasteiger partial charge is 0.268 e. The molecule has 28 heavy (non-hydrogen) atoms. The molecule has 2 heterocycles. The number of benzene rings is 1. The van der Waals surface area contributed by atoms with Crippen LogP contribution in [0.25, 0.3) is 0 Å². The van der Waals surface area contributed by atoms with Crippen LogP contribution in [0.1, 0.15) is 12.0 Å². The molecule has 1 aromatic carbocycles. The highest BCUT2D eigenvalue weighted by Crippen LogP contribution is 2.23. The number of anilines is 1. The summed E-state index contributed by atoms with van der Waals surface area (Å²) in [6.45, 7) is 2.57. The summed E-state index contributed by atoms with van der Waals surface area (Å²) >= 11 is 0. The Balaban J connectivity index is 1.56. The Morgan fingerprint density at radius 2 is 2.14 bits per heavy atom. The summed E-state index contributed by atoms with van der Waals surface area (Å²) in [5, 5.41) is 7.18. The molecule has 0 saturated carbocycles. The molecule has 8 heteroatoms. The zero-order valence-corrected chi connectivity index (χ0v) is 16.3. The van der Waals surface area contributed by atoms with Crippen molar-refractivity contribution in [2.45, 2.75) is 19.5 Å². The maximum absolute atomic E-state index is 12.6. The maximum Gasteiger partial charge on any atom is 0.268 e. The summed E-state index contributed by atoms with van der Waals surface area (Å²) in [5.41, 5.74) is 1.52. The fourth-order valence-corrected chi connectivity index (χ4v) is 3.33. The summed E-state index contributed by atoms with van der Waals surface area (Å²) in [6.07, 6.45) is 2.41. The fourth-order valence-electron chi connectivity index (χ4n) is 3.33. The molecule has 0 spiro atoms. The first-order valence-electron chi connectivity index (χ1n) is 9.33. The molecule has 3 rings (SSSR count). The Kier molecular flexibility index (Phi) is 6.65. The van der Waals surface area contributed by atoms with Gasteiger partial charge in [-0.3, -0.25) is 9.59 Å². The highest BCUT2D eigenvalue weighted by Gasteiger charge is 2.28. The monoisotopic (exact) mass is 386 g/mol. The lowest BCUT2D eigenvalue weighted by atomic mass is 10.1. The molecule has 0 aliphatic carbocycles. The second kappa shape index (κ2) is 9.36. The Bertz CT molecular complexity index is 867. The number of para-hydroxylation sites is 1. The van der Waals surface area contributed by atoms with Gasteiger partial charge in [-0.1, -0.05) is 18.2 Å². The van der Waals surface area contributed by atoms with Crippen molar-refractivity contribution in [1.29, 1.82) is 0 Å². The molecular weight excluding hydrogens is 360 g/mol. The average molecular weight is 386 g/mol. The lowest BCUT2D eigenvalue weighted by molar-refractivity contribution is -0.124. The number of carbonyl (C=O) groups excluding carboxylic acids is 1. The van der Waals surface area contributed by atoms with E-state index in [0.717, 1.165) is 30.0 Å². The van der Waals surface area contributed by atoms with Gasteiger partial charge in [0.25, 0.3) is 5.56 Å². The van der Waals surface area contributed by atoms with Gasteiger partial charge in [0.15, 0.2) is 0 Å². The highest BCUT2D eigenvalue weighted by atomic mass is 16.5. The van der Waals surface area contributed by atoms with Crippen LogP contribution in [0.5, 0.6) is 5.75 Å². The van der Waals surface area contributed by atoms with Crippen LogP contribution in [-0.2, 0) is 22.6 Å². The second-order valence-electron chi connectivity index (χ2n) is 6.73.